The predicted octanol–water partition coefficient (Wildman–Crippen LogP) is 8.04. The van der Waals surface area contributed by atoms with Crippen molar-refractivity contribution < 1.29 is 62.9 Å². The van der Waals surface area contributed by atoms with Crippen LogP contribution in [0.4, 0.5) is 54.0 Å². The van der Waals surface area contributed by atoms with Crippen molar-refractivity contribution in [3.8, 4) is 11.5 Å². The third-order valence-electron chi connectivity index (χ3n) is 6.62. The number of ether oxygens (including phenoxy) is 2. The molecule has 0 radical (unpaired) electrons. The van der Waals surface area contributed by atoms with E-state index in [0.717, 1.165) is 30.3 Å². The summed E-state index contributed by atoms with van der Waals surface area (Å²) in [7, 11) is 0. The summed E-state index contributed by atoms with van der Waals surface area (Å²) >= 11 is 0. The smallest absolute Gasteiger partial charge is 0.489 e. The van der Waals surface area contributed by atoms with Gasteiger partial charge in [0.05, 0.1) is 6.54 Å². The number of hydrogen-bond acceptors (Lipinski definition) is 4. The van der Waals surface area contributed by atoms with Gasteiger partial charge in [0.15, 0.2) is 6.10 Å². The van der Waals surface area contributed by atoms with E-state index in [4.69, 9.17) is 4.74 Å². The maximum Gasteiger partial charge on any atom is 0.573 e. The zero-order chi connectivity index (χ0) is 30.6. The minimum Gasteiger partial charge on any atom is -0.489 e. The van der Waals surface area contributed by atoms with Gasteiger partial charge in [0, 0.05) is 11.8 Å². The van der Waals surface area contributed by atoms with Crippen LogP contribution < -0.4 is 14.4 Å². The quantitative estimate of drug-likeness (QED) is 0.277. The summed E-state index contributed by atoms with van der Waals surface area (Å²) in [6, 6.07) is 6.15. The van der Waals surface area contributed by atoms with Gasteiger partial charge in [-0.1, -0.05) is 37.5 Å². The van der Waals surface area contributed by atoms with Crippen LogP contribution in [0.1, 0.15) is 37.7 Å². The van der Waals surface area contributed by atoms with Crippen molar-refractivity contribution in [3.05, 3.63) is 54.1 Å². The molecule has 1 aliphatic carbocycles. The van der Waals surface area contributed by atoms with Crippen molar-refractivity contribution in [1.82, 2.24) is 0 Å². The lowest BCUT2D eigenvalue weighted by Gasteiger charge is -2.45. The minimum atomic E-state index is -6.10. The molecule has 4 nitrogen and oxygen atoms in total. The molecule has 230 valence electrons. The van der Waals surface area contributed by atoms with E-state index in [1.54, 1.807) is 0 Å². The predicted molar refractivity (Wildman–Crippen MR) is 125 cm³/mol. The molecule has 0 aromatic heterocycles. The van der Waals surface area contributed by atoms with Gasteiger partial charge in [-0.05, 0) is 48.6 Å². The molecule has 15 heteroatoms. The van der Waals surface area contributed by atoms with Gasteiger partial charge in [0.1, 0.15) is 24.1 Å². The molecule has 1 saturated carbocycles. The number of aliphatic hydroxyl groups is 1. The summed E-state index contributed by atoms with van der Waals surface area (Å²) < 4.78 is 158. The number of halogens is 11. The second-order valence-corrected chi connectivity index (χ2v) is 9.65. The Morgan fingerprint density at radius 1 is 0.805 bits per heavy atom. The van der Waals surface area contributed by atoms with Crippen LogP contribution in [-0.4, -0.2) is 48.4 Å². The SMILES string of the molecule is OC(CN(c1cccc(OCc2cccc(OC(F)(F)F)c2)c1)C(C1CCCCC1)C(F)(F)C(F)(F)F)C(F)(F)F. The fraction of sp³-hybridized carbons (Fsp3) is 0.538. The molecular formula is C26H26F11NO3. The van der Waals surface area contributed by atoms with E-state index < -0.39 is 67.3 Å². The number of benzene rings is 2. The van der Waals surface area contributed by atoms with Crippen LogP contribution >= 0.6 is 0 Å². The van der Waals surface area contributed by atoms with Crippen molar-refractivity contribution in [3.63, 3.8) is 0 Å². The first-order valence-electron chi connectivity index (χ1n) is 12.4. The Morgan fingerprint density at radius 2 is 1.41 bits per heavy atom. The number of rotatable bonds is 10. The van der Waals surface area contributed by atoms with Gasteiger partial charge in [-0.3, -0.25) is 0 Å². The van der Waals surface area contributed by atoms with Crippen LogP contribution in [0, 0.1) is 5.92 Å². The molecule has 2 atom stereocenters. The number of alkyl halides is 11. The Kier molecular flexibility index (Phi) is 9.92. The summed E-state index contributed by atoms with van der Waals surface area (Å²) in [6.45, 7) is -2.02. The Morgan fingerprint density at radius 3 is 2.00 bits per heavy atom. The molecule has 2 aromatic rings. The molecule has 0 bridgehead atoms. The molecule has 1 fully saturated rings. The van der Waals surface area contributed by atoms with Gasteiger partial charge in [-0.15, -0.1) is 13.2 Å². The van der Waals surface area contributed by atoms with Crippen LogP contribution in [0.25, 0.3) is 0 Å². The first-order chi connectivity index (χ1) is 18.9. The molecule has 2 aromatic carbocycles. The van der Waals surface area contributed by atoms with E-state index in [1.807, 2.05) is 0 Å². The largest absolute Gasteiger partial charge is 0.573 e. The molecule has 2 unspecified atom stereocenters. The minimum absolute atomic E-state index is 0.0958. The van der Waals surface area contributed by atoms with E-state index in [9.17, 15) is 44.6 Å². The van der Waals surface area contributed by atoms with Gasteiger partial charge >= 0.3 is 24.6 Å². The summed E-state index contributed by atoms with van der Waals surface area (Å²) in [5.74, 6) is -7.55. The highest BCUT2D eigenvalue weighted by Crippen LogP contribution is 2.47. The third-order valence-corrected chi connectivity index (χ3v) is 6.62. The molecule has 0 spiro atoms. The maximum absolute atomic E-state index is 15.0. The highest BCUT2D eigenvalue weighted by atomic mass is 19.4. The van der Waals surface area contributed by atoms with Gasteiger partial charge in [0.25, 0.3) is 0 Å². The second kappa shape index (κ2) is 12.5. The monoisotopic (exact) mass is 609 g/mol. The van der Waals surface area contributed by atoms with Gasteiger partial charge in [-0.2, -0.15) is 35.1 Å². The highest BCUT2D eigenvalue weighted by molar-refractivity contribution is 5.53. The van der Waals surface area contributed by atoms with E-state index in [0.29, 0.717) is 19.3 Å². The van der Waals surface area contributed by atoms with Crippen molar-refractivity contribution in [1.29, 1.82) is 0 Å². The molecule has 41 heavy (non-hydrogen) atoms. The summed E-state index contributed by atoms with van der Waals surface area (Å²) in [5.41, 5.74) is -0.343. The van der Waals surface area contributed by atoms with Crippen molar-refractivity contribution in [2.45, 2.75) is 75.5 Å². The fourth-order valence-corrected chi connectivity index (χ4v) is 4.78. The lowest BCUT2D eigenvalue weighted by atomic mass is 9.80. The summed E-state index contributed by atoms with van der Waals surface area (Å²) in [5, 5.41) is 9.75. The van der Waals surface area contributed by atoms with Crippen LogP contribution in [0.3, 0.4) is 0 Å². The topological polar surface area (TPSA) is 41.9 Å². The average molecular weight is 609 g/mol. The molecule has 1 aliphatic rings. The van der Waals surface area contributed by atoms with E-state index in [2.05, 4.69) is 4.74 Å². The standard InChI is InChI=1S/C26H26F11NO3/c27-23(28,25(32,33)34)22(17-7-2-1-3-8-17)38(14-21(39)24(29,30)31)18-9-5-10-19(13-18)40-15-16-6-4-11-20(12-16)41-26(35,36)37/h4-6,9-13,17,21-22,39H,1-3,7-8,14-15H2. The Labute approximate surface area is 227 Å². The fourth-order valence-electron chi connectivity index (χ4n) is 4.78. The first kappa shape index (κ1) is 32.5. The molecule has 0 heterocycles. The lowest BCUT2D eigenvalue weighted by molar-refractivity contribution is -0.295. The van der Waals surface area contributed by atoms with E-state index >= 15 is 8.78 Å². The maximum atomic E-state index is 15.0. The molecular weight excluding hydrogens is 583 g/mol. The molecule has 0 aliphatic heterocycles. The van der Waals surface area contributed by atoms with E-state index in [1.165, 1.54) is 18.2 Å². The number of aliphatic hydroxyl groups excluding tert-OH is 1. The first-order valence-corrected chi connectivity index (χ1v) is 12.4. The van der Waals surface area contributed by atoms with Crippen molar-refractivity contribution in [2.24, 2.45) is 5.92 Å². The Bertz CT molecular complexity index is 1130. The number of hydrogen-bond donors (Lipinski definition) is 1. The molecule has 0 amide bonds. The van der Waals surface area contributed by atoms with E-state index in [-0.39, 0.29) is 29.1 Å². The number of anilines is 1. The van der Waals surface area contributed by atoms with Crippen molar-refractivity contribution >= 4 is 5.69 Å². The van der Waals surface area contributed by atoms with Gasteiger partial charge in [0.2, 0.25) is 0 Å². The zero-order valence-corrected chi connectivity index (χ0v) is 21.2. The highest BCUT2D eigenvalue weighted by Gasteiger charge is 2.66. The molecule has 0 saturated heterocycles. The lowest BCUT2D eigenvalue weighted by Crippen LogP contribution is -2.61. The average Bonchev–Trinajstić information content (AvgIpc) is 2.86. The molecule has 3 rings (SSSR count). The Balaban J connectivity index is 1.97. The summed E-state index contributed by atoms with van der Waals surface area (Å²) in [6.07, 6.45) is -18.7. The van der Waals surface area contributed by atoms with Crippen LogP contribution in [0.2, 0.25) is 0 Å². The van der Waals surface area contributed by atoms with Gasteiger partial charge < -0.3 is 19.5 Å². The second-order valence-electron chi connectivity index (χ2n) is 9.65. The summed E-state index contributed by atoms with van der Waals surface area (Å²) in [4.78, 5) is 0.228. The third kappa shape index (κ3) is 8.76. The number of nitrogens with zero attached hydrogens (tertiary/aromatic N) is 1. The van der Waals surface area contributed by atoms with Crippen LogP contribution in [0.5, 0.6) is 11.5 Å². The Hall–Kier alpha value is -2.97. The zero-order valence-electron chi connectivity index (χ0n) is 21.2. The molecule has 1 N–H and O–H groups in total. The van der Waals surface area contributed by atoms with Crippen LogP contribution in [-0.2, 0) is 6.61 Å². The van der Waals surface area contributed by atoms with Gasteiger partial charge in [-0.25, -0.2) is 0 Å². The van der Waals surface area contributed by atoms with Crippen LogP contribution in [0.15, 0.2) is 48.5 Å². The van der Waals surface area contributed by atoms with Crippen molar-refractivity contribution in [2.75, 3.05) is 11.4 Å². The normalized spacial score (nSPS) is 17.2.